The van der Waals surface area contributed by atoms with Gasteiger partial charge < -0.3 is 5.32 Å². The summed E-state index contributed by atoms with van der Waals surface area (Å²) in [6.45, 7) is 0. The summed E-state index contributed by atoms with van der Waals surface area (Å²) in [5, 5.41) is 13.5. The molecule has 120 valence electrons. The van der Waals surface area contributed by atoms with E-state index < -0.39 is 16.9 Å². The second-order valence-electron chi connectivity index (χ2n) is 4.96. The van der Waals surface area contributed by atoms with Gasteiger partial charge >= 0.3 is 6.03 Å². The molecule has 1 heterocycles. The van der Waals surface area contributed by atoms with E-state index in [2.05, 4.69) is 5.32 Å². The molecule has 0 aliphatic carbocycles. The van der Waals surface area contributed by atoms with E-state index in [1.165, 1.54) is 36.4 Å². The number of benzene rings is 2. The van der Waals surface area contributed by atoms with Crippen molar-refractivity contribution in [1.29, 1.82) is 0 Å². The van der Waals surface area contributed by atoms with Crippen molar-refractivity contribution in [1.82, 2.24) is 5.32 Å². The average Bonchev–Trinajstić information content (AvgIpc) is 2.82. The molecule has 2 aromatic rings. The van der Waals surface area contributed by atoms with Crippen LogP contribution in [0.15, 0.2) is 54.2 Å². The number of amides is 3. The summed E-state index contributed by atoms with van der Waals surface area (Å²) < 4.78 is 0. The van der Waals surface area contributed by atoms with Crippen molar-refractivity contribution in [3.05, 3.63) is 74.9 Å². The molecule has 1 N–H and O–H groups in total. The fourth-order valence-electron chi connectivity index (χ4n) is 2.24. The predicted molar refractivity (Wildman–Crippen MR) is 88.5 cm³/mol. The van der Waals surface area contributed by atoms with Gasteiger partial charge in [0.2, 0.25) is 0 Å². The smallest absolute Gasteiger partial charge is 0.302 e. The van der Waals surface area contributed by atoms with Crippen LogP contribution in [0.2, 0.25) is 5.02 Å². The molecule has 0 unspecified atom stereocenters. The number of rotatable bonds is 3. The Morgan fingerprint density at radius 3 is 2.46 bits per heavy atom. The first-order valence-electron chi connectivity index (χ1n) is 6.83. The number of nitro benzene ring substituents is 1. The Kier molecular flexibility index (Phi) is 4.01. The van der Waals surface area contributed by atoms with Crippen LogP contribution in [0.3, 0.4) is 0 Å². The molecule has 3 rings (SSSR count). The maximum absolute atomic E-state index is 12.4. The summed E-state index contributed by atoms with van der Waals surface area (Å²) in [5.41, 5.74) is 0.933. The number of halogens is 1. The van der Waals surface area contributed by atoms with Gasteiger partial charge in [-0.1, -0.05) is 17.7 Å². The van der Waals surface area contributed by atoms with E-state index in [4.69, 9.17) is 11.6 Å². The monoisotopic (exact) mass is 343 g/mol. The molecular formula is C16H10ClN3O4. The number of nitro groups is 1. The summed E-state index contributed by atoms with van der Waals surface area (Å²) in [5.74, 6) is -0.527. The van der Waals surface area contributed by atoms with Crippen LogP contribution < -0.4 is 10.2 Å². The average molecular weight is 344 g/mol. The molecule has 8 heteroatoms. The topological polar surface area (TPSA) is 92.5 Å². The minimum absolute atomic E-state index is 0.0560. The number of urea groups is 1. The Bertz CT molecular complexity index is 877. The second kappa shape index (κ2) is 6.13. The first-order valence-corrected chi connectivity index (χ1v) is 7.20. The summed E-state index contributed by atoms with van der Waals surface area (Å²) in [6.07, 6.45) is 1.45. The van der Waals surface area contributed by atoms with Crippen LogP contribution in [0.1, 0.15) is 5.56 Å². The summed E-state index contributed by atoms with van der Waals surface area (Å²) in [7, 11) is 0. The highest BCUT2D eigenvalue weighted by atomic mass is 35.5. The van der Waals surface area contributed by atoms with Gasteiger partial charge in [-0.2, -0.15) is 0 Å². The molecule has 1 fully saturated rings. The lowest BCUT2D eigenvalue weighted by molar-refractivity contribution is -0.384. The van der Waals surface area contributed by atoms with E-state index in [1.54, 1.807) is 18.2 Å². The molecule has 7 nitrogen and oxygen atoms in total. The first-order chi connectivity index (χ1) is 11.5. The Morgan fingerprint density at radius 1 is 1.12 bits per heavy atom. The fourth-order valence-corrected chi connectivity index (χ4v) is 2.43. The number of anilines is 1. The van der Waals surface area contributed by atoms with Gasteiger partial charge in [-0.05, 0) is 42.0 Å². The van der Waals surface area contributed by atoms with Gasteiger partial charge in [0.05, 0.1) is 10.6 Å². The zero-order chi connectivity index (χ0) is 17.3. The molecule has 1 saturated heterocycles. The molecule has 24 heavy (non-hydrogen) atoms. The number of nitrogens with one attached hydrogen (secondary N) is 1. The van der Waals surface area contributed by atoms with Gasteiger partial charge in [0, 0.05) is 17.2 Å². The largest absolute Gasteiger partial charge is 0.333 e. The third-order valence-corrected chi connectivity index (χ3v) is 3.59. The first kappa shape index (κ1) is 15.7. The van der Waals surface area contributed by atoms with Crippen molar-refractivity contribution in [3.8, 4) is 0 Å². The molecule has 0 saturated carbocycles. The summed E-state index contributed by atoms with van der Waals surface area (Å²) in [6, 6.07) is 11.4. The van der Waals surface area contributed by atoms with Gasteiger partial charge in [0.25, 0.3) is 11.6 Å². The maximum Gasteiger partial charge on any atom is 0.333 e. The van der Waals surface area contributed by atoms with Gasteiger partial charge in [-0.15, -0.1) is 0 Å². The summed E-state index contributed by atoms with van der Waals surface area (Å²) in [4.78, 5) is 35.6. The molecule has 0 bridgehead atoms. The SMILES string of the molecule is O=C1N/C(=C\c2ccc([N+](=O)[O-])cc2)C(=O)N1c1cccc(Cl)c1. The third-order valence-electron chi connectivity index (χ3n) is 3.36. The number of hydrogen-bond donors (Lipinski definition) is 1. The minimum Gasteiger partial charge on any atom is -0.302 e. The normalized spacial score (nSPS) is 15.7. The van der Waals surface area contributed by atoms with Crippen LogP contribution in [0.4, 0.5) is 16.2 Å². The fraction of sp³-hybridized carbons (Fsp3) is 0. The Balaban J connectivity index is 1.89. The molecular weight excluding hydrogens is 334 g/mol. The van der Waals surface area contributed by atoms with Crippen LogP contribution in [-0.2, 0) is 4.79 Å². The second-order valence-corrected chi connectivity index (χ2v) is 5.39. The number of carbonyl (C=O) groups is 2. The number of carbonyl (C=O) groups excluding carboxylic acids is 2. The molecule has 2 aromatic carbocycles. The standard InChI is InChI=1S/C16H10ClN3O4/c17-11-2-1-3-13(9-11)19-15(21)14(18-16(19)22)8-10-4-6-12(7-5-10)20(23)24/h1-9H,(H,18,22)/b14-8-. The highest BCUT2D eigenvalue weighted by Gasteiger charge is 2.34. The molecule has 1 aliphatic rings. The van der Waals surface area contributed by atoms with Gasteiger partial charge in [0.1, 0.15) is 5.70 Å². The van der Waals surface area contributed by atoms with E-state index in [9.17, 15) is 19.7 Å². The van der Waals surface area contributed by atoms with Crippen molar-refractivity contribution in [2.24, 2.45) is 0 Å². The van der Waals surface area contributed by atoms with Crippen molar-refractivity contribution in [2.75, 3.05) is 4.90 Å². The van der Waals surface area contributed by atoms with Crippen LogP contribution >= 0.6 is 11.6 Å². The van der Waals surface area contributed by atoms with Crippen LogP contribution in [0.5, 0.6) is 0 Å². The van der Waals surface area contributed by atoms with E-state index >= 15 is 0 Å². The number of hydrogen-bond acceptors (Lipinski definition) is 4. The van der Waals surface area contributed by atoms with Crippen molar-refractivity contribution in [3.63, 3.8) is 0 Å². The highest BCUT2D eigenvalue weighted by molar-refractivity contribution is 6.32. The molecule has 0 aromatic heterocycles. The van der Waals surface area contributed by atoms with Crippen LogP contribution in [-0.4, -0.2) is 16.9 Å². The van der Waals surface area contributed by atoms with Gasteiger partial charge in [-0.3, -0.25) is 14.9 Å². The quantitative estimate of drug-likeness (QED) is 0.400. The lowest BCUT2D eigenvalue weighted by Gasteiger charge is -2.11. The van der Waals surface area contributed by atoms with E-state index in [1.807, 2.05) is 0 Å². The molecule has 1 aliphatic heterocycles. The third kappa shape index (κ3) is 2.97. The van der Waals surface area contributed by atoms with E-state index in [0.717, 1.165) is 4.90 Å². The zero-order valence-corrected chi connectivity index (χ0v) is 12.9. The number of imide groups is 1. The van der Waals surface area contributed by atoms with Crippen molar-refractivity contribution in [2.45, 2.75) is 0 Å². The van der Waals surface area contributed by atoms with E-state index in [0.29, 0.717) is 16.3 Å². The highest BCUT2D eigenvalue weighted by Crippen LogP contribution is 2.25. The van der Waals surface area contributed by atoms with Crippen molar-refractivity contribution >= 4 is 41.0 Å². The van der Waals surface area contributed by atoms with Crippen LogP contribution in [0.25, 0.3) is 6.08 Å². The maximum atomic E-state index is 12.4. The molecule has 0 atom stereocenters. The van der Waals surface area contributed by atoms with Crippen LogP contribution in [0, 0.1) is 10.1 Å². The number of nitrogens with zero attached hydrogens (tertiary/aromatic N) is 2. The molecule has 0 spiro atoms. The minimum atomic E-state index is -0.588. The van der Waals surface area contributed by atoms with Gasteiger partial charge in [-0.25, -0.2) is 9.69 Å². The summed E-state index contributed by atoms with van der Waals surface area (Å²) >= 11 is 5.89. The predicted octanol–water partition coefficient (Wildman–Crippen LogP) is 3.35. The number of non-ortho nitro benzene ring substituents is 1. The Hall–Kier alpha value is -3.19. The van der Waals surface area contributed by atoms with E-state index in [-0.39, 0.29) is 11.4 Å². The molecule has 3 amide bonds. The Morgan fingerprint density at radius 2 is 1.83 bits per heavy atom. The lowest BCUT2D eigenvalue weighted by atomic mass is 10.1. The van der Waals surface area contributed by atoms with Gasteiger partial charge in [0.15, 0.2) is 0 Å². The lowest BCUT2D eigenvalue weighted by Crippen LogP contribution is -2.30. The van der Waals surface area contributed by atoms with Crippen molar-refractivity contribution < 1.29 is 14.5 Å². The Labute approximate surface area is 141 Å². The molecule has 0 radical (unpaired) electrons. The zero-order valence-electron chi connectivity index (χ0n) is 12.1.